The Bertz CT molecular complexity index is 443. The van der Waals surface area contributed by atoms with Crippen LogP contribution in [-0.2, 0) is 9.59 Å². The summed E-state index contributed by atoms with van der Waals surface area (Å²) in [6.45, 7) is 0.0514. The minimum absolute atomic E-state index is 0.0514. The van der Waals surface area contributed by atoms with Crippen molar-refractivity contribution in [1.29, 1.82) is 0 Å². The first-order chi connectivity index (χ1) is 8.09. The van der Waals surface area contributed by atoms with Crippen LogP contribution < -0.4 is 5.32 Å². The number of carbonyl (C=O) groups is 2. The molecular weight excluding hydrogens is 225 g/mol. The van der Waals surface area contributed by atoms with Crippen molar-refractivity contribution in [2.45, 2.75) is 6.42 Å². The van der Waals surface area contributed by atoms with Crippen LogP contribution in [0.3, 0.4) is 0 Å². The van der Waals surface area contributed by atoms with Gasteiger partial charge in [0.1, 0.15) is 5.82 Å². The van der Waals surface area contributed by atoms with Gasteiger partial charge in [-0.2, -0.15) is 0 Å². The zero-order valence-corrected chi connectivity index (χ0v) is 9.02. The second kappa shape index (κ2) is 6.42. The monoisotopic (exact) mass is 237 g/mol. The van der Waals surface area contributed by atoms with Crippen LogP contribution in [0.15, 0.2) is 30.3 Å². The second-order valence-corrected chi connectivity index (χ2v) is 3.29. The molecule has 0 heterocycles. The van der Waals surface area contributed by atoms with Crippen LogP contribution in [0.1, 0.15) is 12.0 Å². The fourth-order valence-electron chi connectivity index (χ4n) is 1.13. The van der Waals surface area contributed by atoms with E-state index >= 15 is 0 Å². The topological polar surface area (TPSA) is 66.4 Å². The molecule has 0 saturated carbocycles. The maximum absolute atomic E-state index is 13.1. The fraction of sp³-hybridized carbons (Fsp3) is 0.167. The van der Waals surface area contributed by atoms with Gasteiger partial charge in [0.15, 0.2) is 0 Å². The molecule has 0 aliphatic heterocycles. The fourth-order valence-corrected chi connectivity index (χ4v) is 1.13. The summed E-state index contributed by atoms with van der Waals surface area (Å²) in [5.41, 5.74) is 0.306. The Balaban J connectivity index is 2.46. The smallest absolute Gasteiger partial charge is 0.305 e. The average molecular weight is 237 g/mol. The predicted molar refractivity (Wildman–Crippen MR) is 60.7 cm³/mol. The molecule has 17 heavy (non-hydrogen) atoms. The third-order valence-corrected chi connectivity index (χ3v) is 1.96. The highest BCUT2D eigenvalue weighted by molar-refractivity contribution is 5.91. The molecule has 0 spiro atoms. The first-order valence-electron chi connectivity index (χ1n) is 5.02. The van der Waals surface area contributed by atoms with Gasteiger partial charge in [-0.05, 0) is 12.1 Å². The molecular formula is C12H12FNO3. The Kier molecular flexibility index (Phi) is 4.87. The first-order valence-corrected chi connectivity index (χ1v) is 5.02. The van der Waals surface area contributed by atoms with Gasteiger partial charge >= 0.3 is 5.97 Å². The SMILES string of the molecule is O=C(O)CCNC(=O)/C=C/c1ccccc1F. The van der Waals surface area contributed by atoms with Crippen molar-refractivity contribution in [3.05, 3.63) is 41.7 Å². The molecule has 0 aliphatic rings. The molecule has 2 N–H and O–H groups in total. The zero-order chi connectivity index (χ0) is 12.7. The molecule has 0 atom stereocenters. The van der Waals surface area contributed by atoms with E-state index in [-0.39, 0.29) is 13.0 Å². The van der Waals surface area contributed by atoms with E-state index in [0.717, 1.165) is 0 Å². The predicted octanol–water partition coefficient (Wildman–Crippen LogP) is 1.43. The van der Waals surface area contributed by atoms with E-state index in [1.807, 2.05) is 0 Å². The number of carbonyl (C=O) groups excluding carboxylic acids is 1. The van der Waals surface area contributed by atoms with Crippen LogP contribution >= 0.6 is 0 Å². The van der Waals surface area contributed by atoms with Crippen LogP contribution in [0.5, 0.6) is 0 Å². The van der Waals surface area contributed by atoms with Gasteiger partial charge in [0.05, 0.1) is 6.42 Å². The highest BCUT2D eigenvalue weighted by Crippen LogP contribution is 2.07. The van der Waals surface area contributed by atoms with E-state index in [2.05, 4.69) is 5.32 Å². The van der Waals surface area contributed by atoms with E-state index in [0.29, 0.717) is 5.56 Å². The van der Waals surface area contributed by atoms with Gasteiger partial charge in [0, 0.05) is 18.2 Å². The van der Waals surface area contributed by atoms with Crippen molar-refractivity contribution in [2.24, 2.45) is 0 Å². The second-order valence-electron chi connectivity index (χ2n) is 3.29. The van der Waals surface area contributed by atoms with Crippen LogP contribution in [0, 0.1) is 5.82 Å². The molecule has 4 nitrogen and oxygen atoms in total. The molecule has 0 saturated heterocycles. The zero-order valence-electron chi connectivity index (χ0n) is 9.02. The van der Waals surface area contributed by atoms with Crippen molar-refractivity contribution in [3.63, 3.8) is 0 Å². The quantitative estimate of drug-likeness (QED) is 0.761. The number of carboxylic acids is 1. The van der Waals surface area contributed by atoms with Gasteiger partial charge in [-0.25, -0.2) is 4.39 Å². The largest absolute Gasteiger partial charge is 0.481 e. The summed E-state index contributed by atoms with van der Waals surface area (Å²) in [7, 11) is 0. The number of carboxylic acid groups (broad SMARTS) is 1. The molecule has 0 bridgehead atoms. The summed E-state index contributed by atoms with van der Waals surface area (Å²) < 4.78 is 13.1. The Labute approximate surface area is 97.8 Å². The lowest BCUT2D eigenvalue weighted by Crippen LogP contribution is -2.23. The van der Waals surface area contributed by atoms with E-state index in [1.54, 1.807) is 12.1 Å². The van der Waals surface area contributed by atoms with Crippen LogP contribution in [0.4, 0.5) is 4.39 Å². The Hall–Kier alpha value is -2.17. The lowest BCUT2D eigenvalue weighted by atomic mass is 10.2. The average Bonchev–Trinajstić information content (AvgIpc) is 2.27. The van der Waals surface area contributed by atoms with Crippen molar-refractivity contribution in [1.82, 2.24) is 5.32 Å². The van der Waals surface area contributed by atoms with Crippen LogP contribution in [0.25, 0.3) is 6.08 Å². The molecule has 1 aromatic carbocycles. The highest BCUT2D eigenvalue weighted by Gasteiger charge is 2.00. The lowest BCUT2D eigenvalue weighted by molar-refractivity contribution is -0.136. The summed E-state index contributed by atoms with van der Waals surface area (Å²) in [6.07, 6.45) is 2.37. The third kappa shape index (κ3) is 4.92. The number of rotatable bonds is 5. The minimum atomic E-state index is -0.983. The Morgan fingerprint density at radius 2 is 2.06 bits per heavy atom. The standard InChI is InChI=1S/C12H12FNO3/c13-10-4-2-1-3-9(10)5-6-11(15)14-8-7-12(16)17/h1-6H,7-8H2,(H,14,15)(H,16,17)/b6-5+. The molecule has 0 fully saturated rings. The van der Waals surface area contributed by atoms with Crippen molar-refractivity contribution in [2.75, 3.05) is 6.54 Å². The Morgan fingerprint density at radius 1 is 1.35 bits per heavy atom. The molecule has 0 radical (unpaired) electrons. The van der Waals surface area contributed by atoms with Crippen molar-refractivity contribution < 1.29 is 19.1 Å². The molecule has 0 aliphatic carbocycles. The van der Waals surface area contributed by atoms with E-state index in [4.69, 9.17) is 5.11 Å². The summed E-state index contributed by atoms with van der Waals surface area (Å²) >= 11 is 0. The number of benzene rings is 1. The first kappa shape index (κ1) is 12.9. The van der Waals surface area contributed by atoms with Crippen LogP contribution in [-0.4, -0.2) is 23.5 Å². The summed E-state index contributed by atoms with van der Waals surface area (Å²) in [6, 6.07) is 6.04. The third-order valence-electron chi connectivity index (χ3n) is 1.96. The van der Waals surface area contributed by atoms with E-state index < -0.39 is 17.7 Å². The maximum atomic E-state index is 13.1. The van der Waals surface area contributed by atoms with Gasteiger partial charge in [-0.3, -0.25) is 9.59 Å². The maximum Gasteiger partial charge on any atom is 0.305 e. The summed E-state index contributed by atoms with van der Waals surface area (Å²) in [5.74, 6) is -1.85. The molecule has 1 rings (SSSR count). The normalized spacial score (nSPS) is 10.4. The van der Waals surface area contributed by atoms with Gasteiger partial charge in [0.2, 0.25) is 5.91 Å². The molecule has 0 unspecified atom stereocenters. The summed E-state index contributed by atoms with van der Waals surface area (Å²) in [4.78, 5) is 21.4. The molecule has 1 aromatic rings. The minimum Gasteiger partial charge on any atom is -0.481 e. The van der Waals surface area contributed by atoms with Crippen molar-refractivity contribution in [3.8, 4) is 0 Å². The molecule has 5 heteroatoms. The number of nitrogens with one attached hydrogen (secondary N) is 1. The van der Waals surface area contributed by atoms with Gasteiger partial charge in [0.25, 0.3) is 0 Å². The van der Waals surface area contributed by atoms with E-state index in [9.17, 15) is 14.0 Å². The van der Waals surface area contributed by atoms with E-state index in [1.165, 1.54) is 24.3 Å². The lowest BCUT2D eigenvalue weighted by Gasteiger charge is -1.98. The molecule has 1 amide bonds. The van der Waals surface area contributed by atoms with Gasteiger partial charge < -0.3 is 10.4 Å². The van der Waals surface area contributed by atoms with Gasteiger partial charge in [-0.15, -0.1) is 0 Å². The van der Waals surface area contributed by atoms with Crippen molar-refractivity contribution >= 4 is 18.0 Å². The summed E-state index contributed by atoms with van der Waals surface area (Å²) in [5, 5.41) is 10.7. The number of halogens is 1. The highest BCUT2D eigenvalue weighted by atomic mass is 19.1. The van der Waals surface area contributed by atoms with Crippen LogP contribution in [0.2, 0.25) is 0 Å². The number of hydrogen-bond donors (Lipinski definition) is 2. The molecule has 90 valence electrons. The Morgan fingerprint density at radius 3 is 2.71 bits per heavy atom. The van der Waals surface area contributed by atoms with Gasteiger partial charge in [-0.1, -0.05) is 18.2 Å². The number of aliphatic carboxylic acids is 1. The number of amides is 1. The number of hydrogen-bond acceptors (Lipinski definition) is 2. The molecule has 0 aromatic heterocycles.